The molecule has 0 radical (unpaired) electrons. The quantitative estimate of drug-likeness (QED) is 0.842. The molecule has 0 saturated heterocycles. The van der Waals surface area contributed by atoms with Crippen LogP contribution in [0.3, 0.4) is 0 Å². The Bertz CT molecular complexity index is 615. The van der Waals surface area contributed by atoms with Crippen molar-refractivity contribution in [3.05, 3.63) is 50.7 Å². The summed E-state index contributed by atoms with van der Waals surface area (Å²) in [5.41, 5.74) is 3.24. The van der Waals surface area contributed by atoms with E-state index in [0.717, 1.165) is 26.3 Å². The first-order valence-corrected chi connectivity index (χ1v) is 7.89. The van der Waals surface area contributed by atoms with Crippen LogP contribution in [0.15, 0.2) is 28.9 Å². The Labute approximate surface area is 138 Å². The van der Waals surface area contributed by atoms with Crippen LogP contribution < -0.4 is 5.32 Å². The zero-order chi connectivity index (χ0) is 15.4. The van der Waals surface area contributed by atoms with E-state index in [4.69, 9.17) is 16.3 Å². The van der Waals surface area contributed by atoms with Crippen LogP contribution in [0.1, 0.15) is 22.9 Å². The molecule has 6 heteroatoms. The van der Waals surface area contributed by atoms with Crippen molar-refractivity contribution in [3.63, 3.8) is 0 Å². The molecular formula is C15H19BrClN3O. The molecule has 1 aromatic heterocycles. The molecule has 1 aromatic carbocycles. The molecule has 0 aliphatic rings. The van der Waals surface area contributed by atoms with Crippen LogP contribution in [0.25, 0.3) is 0 Å². The second-order valence-electron chi connectivity index (χ2n) is 4.82. The van der Waals surface area contributed by atoms with Crippen molar-refractivity contribution in [3.8, 4) is 0 Å². The van der Waals surface area contributed by atoms with Gasteiger partial charge in [0.25, 0.3) is 0 Å². The molecule has 1 heterocycles. The molecule has 114 valence electrons. The highest BCUT2D eigenvalue weighted by Crippen LogP contribution is 2.30. The van der Waals surface area contributed by atoms with Crippen molar-refractivity contribution >= 4 is 27.5 Å². The third-order valence-electron chi connectivity index (χ3n) is 3.43. The molecule has 0 fully saturated rings. The summed E-state index contributed by atoms with van der Waals surface area (Å²) in [6, 6.07) is 6.13. The number of aryl methyl sites for hydroxylation is 1. The predicted octanol–water partition coefficient (Wildman–Crippen LogP) is 3.56. The Hall–Kier alpha value is -0.880. The fraction of sp³-hybridized carbons (Fsp3) is 0.400. The second kappa shape index (κ2) is 7.40. The Morgan fingerprint density at radius 2 is 2.24 bits per heavy atom. The van der Waals surface area contributed by atoms with Crippen molar-refractivity contribution in [2.75, 3.05) is 20.8 Å². The Kier molecular flexibility index (Phi) is 5.81. The van der Waals surface area contributed by atoms with Gasteiger partial charge < -0.3 is 10.1 Å². The lowest BCUT2D eigenvalue weighted by atomic mass is 10.0. The number of hydrogen-bond donors (Lipinski definition) is 1. The lowest BCUT2D eigenvalue weighted by Gasteiger charge is -2.20. The van der Waals surface area contributed by atoms with Gasteiger partial charge in [0.05, 0.1) is 35.6 Å². The number of nitrogens with one attached hydrogen (secondary N) is 1. The van der Waals surface area contributed by atoms with E-state index in [1.165, 1.54) is 0 Å². The second-order valence-corrected chi connectivity index (χ2v) is 6.09. The first-order valence-electron chi connectivity index (χ1n) is 6.72. The van der Waals surface area contributed by atoms with Crippen LogP contribution >= 0.6 is 27.5 Å². The lowest BCUT2D eigenvalue weighted by Crippen LogP contribution is -2.23. The molecule has 1 unspecified atom stereocenters. The summed E-state index contributed by atoms with van der Waals surface area (Å²) in [5.74, 6) is 0. The van der Waals surface area contributed by atoms with Gasteiger partial charge in [0.2, 0.25) is 0 Å². The molecule has 2 aromatic rings. The minimum absolute atomic E-state index is 0.0110. The van der Waals surface area contributed by atoms with Gasteiger partial charge in [-0.3, -0.25) is 4.68 Å². The van der Waals surface area contributed by atoms with Crippen molar-refractivity contribution in [1.82, 2.24) is 15.1 Å². The van der Waals surface area contributed by atoms with E-state index in [2.05, 4.69) is 32.4 Å². The van der Waals surface area contributed by atoms with Gasteiger partial charge in [0.1, 0.15) is 0 Å². The van der Waals surface area contributed by atoms with Crippen LogP contribution in [0, 0.1) is 6.92 Å². The van der Waals surface area contributed by atoms with Crippen LogP contribution in [-0.4, -0.2) is 30.5 Å². The Morgan fingerprint density at radius 1 is 1.48 bits per heavy atom. The molecule has 0 saturated carbocycles. The third kappa shape index (κ3) is 3.66. The maximum absolute atomic E-state index is 6.26. The van der Waals surface area contributed by atoms with Gasteiger partial charge in [0.15, 0.2) is 0 Å². The number of nitrogens with zero attached hydrogens (tertiary/aromatic N) is 2. The zero-order valence-corrected chi connectivity index (χ0v) is 14.7. The normalized spacial score (nSPS) is 12.6. The van der Waals surface area contributed by atoms with Gasteiger partial charge >= 0.3 is 0 Å². The van der Waals surface area contributed by atoms with Crippen molar-refractivity contribution in [2.45, 2.75) is 19.5 Å². The van der Waals surface area contributed by atoms with Gasteiger partial charge in [-0.15, -0.1) is 0 Å². The summed E-state index contributed by atoms with van der Waals surface area (Å²) < 4.78 is 8.06. The summed E-state index contributed by atoms with van der Waals surface area (Å²) in [7, 11) is 3.62. The van der Waals surface area contributed by atoms with Gasteiger partial charge in [-0.1, -0.05) is 23.7 Å². The molecule has 0 amide bonds. The van der Waals surface area contributed by atoms with Crippen molar-refractivity contribution < 1.29 is 4.74 Å². The summed E-state index contributed by atoms with van der Waals surface area (Å²) >= 11 is 9.84. The van der Waals surface area contributed by atoms with Gasteiger partial charge in [-0.2, -0.15) is 5.10 Å². The van der Waals surface area contributed by atoms with Crippen LogP contribution in [0.4, 0.5) is 0 Å². The van der Waals surface area contributed by atoms with E-state index in [0.29, 0.717) is 13.2 Å². The van der Waals surface area contributed by atoms with Crippen LogP contribution in [0.2, 0.25) is 5.02 Å². The number of ether oxygens (including phenoxy) is 1. The SMILES string of the molecule is CNC(c1ccc(C)c(Cl)c1)c1c(Br)cnn1CCOC. The zero-order valence-electron chi connectivity index (χ0n) is 12.4. The van der Waals surface area contributed by atoms with E-state index in [9.17, 15) is 0 Å². The van der Waals surface area contributed by atoms with E-state index in [1.807, 2.05) is 37.0 Å². The first kappa shape index (κ1) is 16.5. The molecule has 0 aliphatic heterocycles. The summed E-state index contributed by atoms with van der Waals surface area (Å²) in [4.78, 5) is 0. The molecule has 21 heavy (non-hydrogen) atoms. The minimum Gasteiger partial charge on any atom is -0.383 e. The summed E-state index contributed by atoms with van der Waals surface area (Å²) in [6.45, 7) is 3.32. The van der Waals surface area contributed by atoms with Gasteiger partial charge in [0, 0.05) is 12.1 Å². The molecule has 0 spiro atoms. The first-order chi connectivity index (χ1) is 10.1. The molecule has 1 atom stereocenters. The third-order valence-corrected chi connectivity index (χ3v) is 4.45. The monoisotopic (exact) mass is 371 g/mol. The maximum atomic E-state index is 6.26. The number of rotatable bonds is 6. The molecule has 0 aliphatic carbocycles. The van der Waals surface area contributed by atoms with E-state index >= 15 is 0 Å². The Morgan fingerprint density at radius 3 is 2.86 bits per heavy atom. The van der Waals surface area contributed by atoms with Gasteiger partial charge in [-0.05, 0) is 47.1 Å². The molecule has 2 rings (SSSR count). The number of benzene rings is 1. The minimum atomic E-state index is 0.0110. The lowest BCUT2D eigenvalue weighted by molar-refractivity contribution is 0.182. The Balaban J connectivity index is 2.40. The summed E-state index contributed by atoms with van der Waals surface area (Å²) in [6.07, 6.45) is 1.81. The van der Waals surface area contributed by atoms with Crippen molar-refractivity contribution in [2.24, 2.45) is 0 Å². The summed E-state index contributed by atoms with van der Waals surface area (Å²) in [5, 5.41) is 8.51. The number of methoxy groups -OCH3 is 1. The van der Waals surface area contributed by atoms with Crippen LogP contribution in [0.5, 0.6) is 0 Å². The van der Waals surface area contributed by atoms with Crippen molar-refractivity contribution in [1.29, 1.82) is 0 Å². The highest BCUT2D eigenvalue weighted by atomic mass is 79.9. The topological polar surface area (TPSA) is 39.1 Å². The fourth-order valence-corrected chi connectivity index (χ4v) is 2.98. The molecule has 0 bridgehead atoms. The molecular weight excluding hydrogens is 354 g/mol. The number of hydrogen-bond acceptors (Lipinski definition) is 3. The van der Waals surface area contributed by atoms with E-state index in [1.54, 1.807) is 7.11 Å². The molecule has 4 nitrogen and oxygen atoms in total. The van der Waals surface area contributed by atoms with Crippen LogP contribution in [-0.2, 0) is 11.3 Å². The number of aromatic nitrogens is 2. The van der Waals surface area contributed by atoms with Gasteiger partial charge in [-0.25, -0.2) is 0 Å². The van der Waals surface area contributed by atoms with E-state index in [-0.39, 0.29) is 6.04 Å². The molecule has 1 N–H and O–H groups in total. The highest BCUT2D eigenvalue weighted by molar-refractivity contribution is 9.10. The number of halogens is 2. The fourth-order valence-electron chi connectivity index (χ4n) is 2.26. The average molecular weight is 373 g/mol. The standard InChI is InChI=1S/C15H19BrClN3O/c1-10-4-5-11(8-13(10)17)14(18-2)15-12(16)9-19-20(15)6-7-21-3/h4-5,8-9,14,18H,6-7H2,1-3H3. The predicted molar refractivity (Wildman–Crippen MR) is 88.9 cm³/mol. The van der Waals surface area contributed by atoms with E-state index < -0.39 is 0 Å². The largest absolute Gasteiger partial charge is 0.383 e. The average Bonchev–Trinajstić information content (AvgIpc) is 2.83. The smallest absolute Gasteiger partial charge is 0.0757 e. The highest BCUT2D eigenvalue weighted by Gasteiger charge is 2.21. The maximum Gasteiger partial charge on any atom is 0.0757 e.